The van der Waals surface area contributed by atoms with Gasteiger partial charge in [-0.15, -0.1) is 0 Å². The molecule has 0 amide bonds. The van der Waals surface area contributed by atoms with E-state index in [1.165, 1.54) is 51.4 Å². The van der Waals surface area contributed by atoms with Crippen molar-refractivity contribution in [2.24, 2.45) is 0 Å². The van der Waals surface area contributed by atoms with E-state index in [4.69, 9.17) is 4.74 Å². The fourth-order valence-corrected chi connectivity index (χ4v) is 2.55. The highest BCUT2D eigenvalue weighted by Crippen LogP contribution is 2.49. The van der Waals surface area contributed by atoms with Crippen LogP contribution in [0.2, 0.25) is 0 Å². The lowest BCUT2D eigenvalue weighted by molar-refractivity contribution is 0.232. The zero-order valence-corrected chi connectivity index (χ0v) is 8.14. The van der Waals surface area contributed by atoms with Gasteiger partial charge in [-0.1, -0.05) is 39.0 Å². The normalized spacial score (nSPS) is 32.2. The fourth-order valence-electron chi connectivity index (χ4n) is 2.55. The molecule has 0 radical (unpaired) electrons. The minimum atomic E-state index is 0.396. The molecule has 0 aromatic rings. The Hall–Kier alpha value is -0.0400. The van der Waals surface area contributed by atoms with Crippen molar-refractivity contribution in [2.75, 3.05) is 0 Å². The first-order valence-electron chi connectivity index (χ1n) is 5.55. The van der Waals surface area contributed by atoms with Crippen LogP contribution >= 0.6 is 0 Å². The summed E-state index contributed by atoms with van der Waals surface area (Å²) in [6.07, 6.45) is 11.6. The highest BCUT2D eigenvalue weighted by atomic mass is 16.6. The standard InChI is InChI=1S/C11H20O/c1-2-3-7-10-11(12-10)8-5-4-6-9-11/h10H,2-9H2,1H3. The van der Waals surface area contributed by atoms with E-state index in [2.05, 4.69) is 6.92 Å². The van der Waals surface area contributed by atoms with Crippen LogP contribution in [-0.2, 0) is 4.74 Å². The van der Waals surface area contributed by atoms with Crippen LogP contribution in [0.25, 0.3) is 0 Å². The van der Waals surface area contributed by atoms with E-state index in [0.29, 0.717) is 11.7 Å². The van der Waals surface area contributed by atoms with Crippen LogP contribution in [0.5, 0.6) is 0 Å². The highest BCUT2D eigenvalue weighted by molar-refractivity contribution is 5.03. The quantitative estimate of drug-likeness (QED) is 0.589. The lowest BCUT2D eigenvalue weighted by Gasteiger charge is -2.18. The summed E-state index contributed by atoms with van der Waals surface area (Å²) < 4.78 is 5.85. The van der Waals surface area contributed by atoms with Crippen LogP contribution in [0.3, 0.4) is 0 Å². The lowest BCUT2D eigenvalue weighted by Crippen LogP contribution is -2.18. The van der Waals surface area contributed by atoms with Crippen molar-refractivity contribution in [3.63, 3.8) is 0 Å². The fraction of sp³-hybridized carbons (Fsp3) is 1.00. The van der Waals surface area contributed by atoms with Gasteiger partial charge in [-0.05, 0) is 19.3 Å². The summed E-state index contributed by atoms with van der Waals surface area (Å²) in [7, 11) is 0. The molecule has 1 aliphatic carbocycles. The van der Waals surface area contributed by atoms with Gasteiger partial charge in [0, 0.05) is 0 Å². The van der Waals surface area contributed by atoms with Gasteiger partial charge in [0.05, 0.1) is 11.7 Å². The Kier molecular flexibility index (Phi) is 2.40. The van der Waals surface area contributed by atoms with Gasteiger partial charge in [-0.3, -0.25) is 0 Å². The molecule has 1 unspecified atom stereocenters. The molecule has 1 saturated heterocycles. The molecule has 2 aliphatic rings. The van der Waals surface area contributed by atoms with Gasteiger partial charge >= 0.3 is 0 Å². The number of rotatable bonds is 3. The average molecular weight is 168 g/mol. The maximum atomic E-state index is 5.85. The minimum Gasteiger partial charge on any atom is -0.366 e. The number of hydrogen-bond acceptors (Lipinski definition) is 1. The number of unbranched alkanes of at least 4 members (excludes halogenated alkanes) is 1. The molecule has 1 nitrogen and oxygen atoms in total. The molecular formula is C11H20O. The third kappa shape index (κ3) is 1.52. The van der Waals surface area contributed by atoms with E-state index < -0.39 is 0 Å². The molecule has 1 atom stereocenters. The first-order chi connectivity index (χ1) is 5.87. The Morgan fingerprint density at radius 3 is 2.67 bits per heavy atom. The second kappa shape index (κ2) is 3.37. The van der Waals surface area contributed by atoms with Crippen LogP contribution in [0.15, 0.2) is 0 Å². The molecule has 1 spiro atoms. The molecular weight excluding hydrogens is 148 g/mol. The van der Waals surface area contributed by atoms with Crippen molar-refractivity contribution >= 4 is 0 Å². The predicted molar refractivity (Wildman–Crippen MR) is 50.2 cm³/mol. The van der Waals surface area contributed by atoms with Gasteiger partial charge in [0.25, 0.3) is 0 Å². The number of hydrogen-bond donors (Lipinski definition) is 0. The van der Waals surface area contributed by atoms with Gasteiger partial charge in [0.2, 0.25) is 0 Å². The molecule has 0 N–H and O–H groups in total. The zero-order chi connectivity index (χ0) is 8.44. The summed E-state index contributed by atoms with van der Waals surface area (Å²) in [6.45, 7) is 2.26. The lowest BCUT2D eigenvalue weighted by atomic mass is 9.85. The highest BCUT2D eigenvalue weighted by Gasteiger charge is 2.54. The summed E-state index contributed by atoms with van der Waals surface area (Å²) in [6, 6.07) is 0. The molecule has 1 heteroatoms. The maximum Gasteiger partial charge on any atom is 0.0948 e. The second-order valence-electron chi connectivity index (χ2n) is 4.37. The Balaban J connectivity index is 1.75. The maximum absolute atomic E-state index is 5.85. The molecule has 0 aromatic heterocycles. The SMILES string of the molecule is CCCCC1OC12CCCCC2. The Bertz CT molecular complexity index is 145. The predicted octanol–water partition coefficient (Wildman–Crippen LogP) is 3.28. The van der Waals surface area contributed by atoms with Crippen molar-refractivity contribution in [3.05, 3.63) is 0 Å². The molecule has 0 bridgehead atoms. The first-order valence-corrected chi connectivity index (χ1v) is 5.55. The minimum absolute atomic E-state index is 0.396. The van der Waals surface area contributed by atoms with Gasteiger partial charge in [-0.25, -0.2) is 0 Å². The average Bonchev–Trinajstić information content (AvgIpc) is 2.77. The van der Waals surface area contributed by atoms with E-state index in [1.807, 2.05) is 0 Å². The summed E-state index contributed by atoms with van der Waals surface area (Å²) in [5.74, 6) is 0. The molecule has 1 heterocycles. The third-order valence-electron chi connectivity index (χ3n) is 3.43. The van der Waals surface area contributed by atoms with Crippen LogP contribution in [0.4, 0.5) is 0 Å². The van der Waals surface area contributed by atoms with Crippen molar-refractivity contribution in [1.29, 1.82) is 0 Å². The molecule has 70 valence electrons. The summed E-state index contributed by atoms with van der Waals surface area (Å²) >= 11 is 0. The van der Waals surface area contributed by atoms with E-state index in [9.17, 15) is 0 Å². The van der Waals surface area contributed by atoms with Gasteiger partial charge < -0.3 is 4.74 Å². The van der Waals surface area contributed by atoms with E-state index in [1.54, 1.807) is 0 Å². The van der Waals surface area contributed by atoms with Crippen LogP contribution < -0.4 is 0 Å². The zero-order valence-electron chi connectivity index (χ0n) is 8.14. The second-order valence-corrected chi connectivity index (χ2v) is 4.37. The van der Waals surface area contributed by atoms with Crippen LogP contribution in [0, 0.1) is 0 Å². The van der Waals surface area contributed by atoms with Crippen LogP contribution in [-0.4, -0.2) is 11.7 Å². The Labute approximate surface area is 75.5 Å². The third-order valence-corrected chi connectivity index (χ3v) is 3.43. The monoisotopic (exact) mass is 168 g/mol. The summed E-state index contributed by atoms with van der Waals surface area (Å²) in [4.78, 5) is 0. The van der Waals surface area contributed by atoms with Crippen molar-refractivity contribution in [2.45, 2.75) is 70.0 Å². The number of epoxide rings is 1. The van der Waals surface area contributed by atoms with E-state index in [0.717, 1.165) is 0 Å². The van der Waals surface area contributed by atoms with Crippen LogP contribution in [0.1, 0.15) is 58.3 Å². The van der Waals surface area contributed by atoms with Crippen molar-refractivity contribution < 1.29 is 4.74 Å². The van der Waals surface area contributed by atoms with Gasteiger partial charge in [0.1, 0.15) is 0 Å². The summed E-state index contributed by atoms with van der Waals surface area (Å²) in [5.41, 5.74) is 0.396. The van der Waals surface area contributed by atoms with E-state index in [-0.39, 0.29) is 0 Å². The largest absolute Gasteiger partial charge is 0.366 e. The van der Waals surface area contributed by atoms with E-state index >= 15 is 0 Å². The van der Waals surface area contributed by atoms with Crippen molar-refractivity contribution in [1.82, 2.24) is 0 Å². The topological polar surface area (TPSA) is 12.5 Å². The first kappa shape index (κ1) is 8.55. The molecule has 2 rings (SSSR count). The van der Waals surface area contributed by atoms with Gasteiger partial charge in [0.15, 0.2) is 0 Å². The Morgan fingerprint density at radius 1 is 1.25 bits per heavy atom. The molecule has 1 saturated carbocycles. The number of ether oxygens (including phenoxy) is 1. The smallest absolute Gasteiger partial charge is 0.0948 e. The Morgan fingerprint density at radius 2 is 2.00 bits per heavy atom. The summed E-state index contributed by atoms with van der Waals surface area (Å²) in [5, 5.41) is 0. The van der Waals surface area contributed by atoms with Crippen molar-refractivity contribution in [3.8, 4) is 0 Å². The van der Waals surface area contributed by atoms with Gasteiger partial charge in [-0.2, -0.15) is 0 Å². The molecule has 2 fully saturated rings. The molecule has 0 aromatic carbocycles. The molecule has 1 aliphatic heterocycles. The molecule has 12 heavy (non-hydrogen) atoms.